The second kappa shape index (κ2) is 10.3. The first-order chi connectivity index (χ1) is 17.4. The highest BCUT2D eigenvalue weighted by molar-refractivity contribution is 6.18. The summed E-state index contributed by atoms with van der Waals surface area (Å²) in [5, 5.41) is 6.11. The van der Waals surface area contributed by atoms with Crippen LogP contribution in [0.25, 0.3) is 21.8 Å². The van der Waals surface area contributed by atoms with Gasteiger partial charge in [0.25, 0.3) is 0 Å². The van der Waals surface area contributed by atoms with E-state index in [-0.39, 0.29) is 17.7 Å². The van der Waals surface area contributed by atoms with Crippen LogP contribution >= 0.6 is 11.6 Å². The fourth-order valence-electron chi connectivity index (χ4n) is 4.87. The maximum Gasteiger partial charge on any atom is 0.124 e. The van der Waals surface area contributed by atoms with E-state index in [4.69, 9.17) is 11.6 Å². The zero-order valence-corrected chi connectivity index (χ0v) is 20.9. The van der Waals surface area contributed by atoms with Gasteiger partial charge in [-0.05, 0) is 67.4 Å². The van der Waals surface area contributed by atoms with Gasteiger partial charge >= 0.3 is 0 Å². The standard InChI is InChI=1S/C28H26ClF2N5/c1-18-9-19(2)36(34-18)26(14-29)17-35(15-22-12-24(30)10-20-5-3-7-32-27(20)22)16-23-13-25(31)11-21-6-4-8-33-28(21)23/h3-13,26H,14-17H2,1-2H3/t26-/m0/s1. The number of benzene rings is 2. The molecule has 0 amide bonds. The van der Waals surface area contributed by atoms with Crippen molar-refractivity contribution in [3.8, 4) is 0 Å². The molecular formula is C28H26ClF2N5. The molecule has 2 aromatic carbocycles. The molecule has 36 heavy (non-hydrogen) atoms. The van der Waals surface area contributed by atoms with Crippen LogP contribution in [-0.2, 0) is 13.1 Å². The Bertz CT molecular complexity index is 1450. The van der Waals surface area contributed by atoms with Gasteiger partial charge in [-0.25, -0.2) is 8.78 Å². The van der Waals surface area contributed by atoms with Crippen LogP contribution < -0.4 is 0 Å². The number of nitrogens with zero attached hydrogens (tertiary/aromatic N) is 5. The van der Waals surface area contributed by atoms with Crippen molar-refractivity contribution in [3.05, 3.63) is 101 Å². The molecule has 5 nitrogen and oxygen atoms in total. The number of pyridine rings is 2. The second-order valence-corrected chi connectivity index (χ2v) is 9.44. The Labute approximate surface area is 213 Å². The van der Waals surface area contributed by atoms with Crippen molar-refractivity contribution < 1.29 is 8.78 Å². The largest absolute Gasteiger partial charge is 0.292 e. The van der Waals surface area contributed by atoms with Crippen molar-refractivity contribution in [2.45, 2.75) is 33.0 Å². The first kappa shape index (κ1) is 24.3. The summed E-state index contributed by atoms with van der Waals surface area (Å²) in [7, 11) is 0. The summed E-state index contributed by atoms with van der Waals surface area (Å²) >= 11 is 6.44. The van der Waals surface area contributed by atoms with E-state index >= 15 is 0 Å². The zero-order chi connectivity index (χ0) is 25.2. The Hall–Kier alpha value is -3.42. The number of hydrogen-bond donors (Lipinski definition) is 0. The minimum atomic E-state index is -0.323. The van der Waals surface area contributed by atoms with E-state index < -0.39 is 0 Å². The summed E-state index contributed by atoms with van der Waals surface area (Å²) in [4.78, 5) is 11.2. The molecule has 0 aliphatic rings. The Kier molecular flexibility index (Phi) is 6.94. The van der Waals surface area contributed by atoms with Crippen molar-refractivity contribution in [1.29, 1.82) is 0 Å². The smallest absolute Gasteiger partial charge is 0.124 e. The lowest BCUT2D eigenvalue weighted by molar-refractivity contribution is 0.216. The van der Waals surface area contributed by atoms with Crippen LogP contribution in [-0.4, -0.2) is 37.1 Å². The molecule has 0 aliphatic heterocycles. The van der Waals surface area contributed by atoms with E-state index in [2.05, 4.69) is 20.0 Å². The minimum Gasteiger partial charge on any atom is -0.292 e. The van der Waals surface area contributed by atoms with Crippen molar-refractivity contribution in [2.75, 3.05) is 12.4 Å². The zero-order valence-electron chi connectivity index (χ0n) is 20.1. The number of rotatable bonds is 8. The Balaban J connectivity index is 1.56. The molecule has 0 saturated carbocycles. The first-order valence-corrected chi connectivity index (χ1v) is 12.3. The molecule has 0 saturated heterocycles. The highest BCUT2D eigenvalue weighted by Gasteiger charge is 2.21. The molecule has 1 atom stereocenters. The fourth-order valence-corrected chi connectivity index (χ4v) is 5.10. The molecule has 0 fully saturated rings. The molecular weight excluding hydrogens is 480 g/mol. The van der Waals surface area contributed by atoms with Gasteiger partial charge in [-0.2, -0.15) is 5.10 Å². The predicted octanol–water partition coefficient (Wildman–Crippen LogP) is 6.36. The highest BCUT2D eigenvalue weighted by atomic mass is 35.5. The molecule has 5 rings (SSSR count). The first-order valence-electron chi connectivity index (χ1n) is 11.8. The molecule has 3 aromatic heterocycles. The van der Waals surface area contributed by atoms with E-state index in [0.29, 0.717) is 25.5 Å². The SMILES string of the molecule is Cc1cc(C)n([C@@H](CCl)CN(Cc2cc(F)cc3cccnc23)Cc2cc(F)cc3cccnc23)n1. The quantitative estimate of drug-likeness (QED) is 0.230. The van der Waals surface area contributed by atoms with E-state index in [0.717, 1.165) is 44.3 Å². The van der Waals surface area contributed by atoms with Crippen LogP contribution in [0, 0.1) is 25.5 Å². The van der Waals surface area contributed by atoms with Gasteiger partial charge in [0.2, 0.25) is 0 Å². The molecule has 0 radical (unpaired) electrons. The predicted molar refractivity (Wildman–Crippen MR) is 139 cm³/mol. The van der Waals surface area contributed by atoms with Gasteiger partial charge in [0.15, 0.2) is 0 Å². The molecule has 0 spiro atoms. The van der Waals surface area contributed by atoms with Gasteiger partial charge < -0.3 is 0 Å². The van der Waals surface area contributed by atoms with Crippen molar-refractivity contribution in [2.24, 2.45) is 0 Å². The summed E-state index contributed by atoms with van der Waals surface area (Å²) < 4.78 is 31.0. The van der Waals surface area contributed by atoms with Gasteiger partial charge in [0.1, 0.15) is 11.6 Å². The lowest BCUT2D eigenvalue weighted by Crippen LogP contribution is -2.32. The highest BCUT2D eigenvalue weighted by Crippen LogP contribution is 2.26. The van der Waals surface area contributed by atoms with Crippen molar-refractivity contribution in [1.82, 2.24) is 24.6 Å². The van der Waals surface area contributed by atoms with Crippen molar-refractivity contribution >= 4 is 33.4 Å². The van der Waals surface area contributed by atoms with Gasteiger partial charge in [-0.1, -0.05) is 12.1 Å². The van der Waals surface area contributed by atoms with Crippen LogP contribution in [0.2, 0.25) is 0 Å². The van der Waals surface area contributed by atoms with Crippen molar-refractivity contribution in [3.63, 3.8) is 0 Å². The normalized spacial score (nSPS) is 12.6. The third-order valence-electron chi connectivity index (χ3n) is 6.32. The number of aryl methyl sites for hydroxylation is 2. The van der Waals surface area contributed by atoms with E-state index in [1.807, 2.05) is 36.7 Å². The lowest BCUT2D eigenvalue weighted by Gasteiger charge is -2.28. The van der Waals surface area contributed by atoms with Gasteiger partial charge in [-0.15, -0.1) is 11.6 Å². The van der Waals surface area contributed by atoms with Crippen LogP contribution in [0.1, 0.15) is 28.6 Å². The maximum absolute atomic E-state index is 14.5. The second-order valence-electron chi connectivity index (χ2n) is 9.13. The number of hydrogen-bond acceptors (Lipinski definition) is 4. The third kappa shape index (κ3) is 5.08. The number of alkyl halides is 1. The minimum absolute atomic E-state index is 0.138. The third-order valence-corrected chi connectivity index (χ3v) is 6.68. The van der Waals surface area contributed by atoms with Crippen LogP contribution in [0.15, 0.2) is 67.0 Å². The summed E-state index contributed by atoms with van der Waals surface area (Å²) in [6.45, 7) is 5.24. The van der Waals surface area contributed by atoms with E-state index in [1.165, 1.54) is 24.3 Å². The fraction of sp³-hybridized carbons (Fsp3) is 0.250. The van der Waals surface area contributed by atoms with Gasteiger partial charge in [0, 0.05) is 54.4 Å². The molecule has 0 N–H and O–H groups in total. The molecule has 8 heteroatoms. The molecule has 0 aliphatic carbocycles. The van der Waals surface area contributed by atoms with Crippen LogP contribution in [0.3, 0.4) is 0 Å². The monoisotopic (exact) mass is 505 g/mol. The molecule has 3 heterocycles. The summed E-state index contributed by atoms with van der Waals surface area (Å²) in [6.07, 6.45) is 3.41. The molecule has 184 valence electrons. The topological polar surface area (TPSA) is 46.8 Å². The Morgan fingerprint density at radius 1 is 0.861 bits per heavy atom. The molecule has 0 unspecified atom stereocenters. The summed E-state index contributed by atoms with van der Waals surface area (Å²) in [5.74, 6) is -0.311. The average Bonchev–Trinajstić information content (AvgIpc) is 3.19. The van der Waals surface area contributed by atoms with Crippen LogP contribution in [0.5, 0.6) is 0 Å². The number of halogens is 3. The average molecular weight is 506 g/mol. The molecule has 5 aromatic rings. The number of aromatic nitrogens is 4. The van der Waals surface area contributed by atoms with E-state index in [1.54, 1.807) is 24.5 Å². The van der Waals surface area contributed by atoms with Crippen LogP contribution in [0.4, 0.5) is 8.78 Å². The summed E-state index contributed by atoms with van der Waals surface area (Å²) in [6, 6.07) is 15.2. The number of fused-ring (bicyclic) bond motifs is 2. The summed E-state index contributed by atoms with van der Waals surface area (Å²) in [5.41, 5.74) is 4.89. The molecule has 0 bridgehead atoms. The van der Waals surface area contributed by atoms with Gasteiger partial charge in [0.05, 0.1) is 22.8 Å². The lowest BCUT2D eigenvalue weighted by atomic mass is 10.1. The maximum atomic E-state index is 14.5. The van der Waals surface area contributed by atoms with E-state index in [9.17, 15) is 8.78 Å². The Morgan fingerprint density at radius 3 is 1.89 bits per heavy atom. The Morgan fingerprint density at radius 2 is 1.42 bits per heavy atom. The van der Waals surface area contributed by atoms with Gasteiger partial charge in [-0.3, -0.25) is 19.5 Å².